The van der Waals surface area contributed by atoms with Gasteiger partial charge in [0, 0.05) is 41.6 Å². The summed E-state index contributed by atoms with van der Waals surface area (Å²) in [4.78, 5) is 13.3. The van der Waals surface area contributed by atoms with Crippen molar-refractivity contribution in [2.24, 2.45) is 22.7 Å². The molecule has 1 spiro atoms. The average Bonchev–Trinajstić information content (AvgIpc) is 3.46. The predicted octanol–water partition coefficient (Wildman–Crippen LogP) is 5.60. The fourth-order valence-electron chi connectivity index (χ4n) is 8.85. The second-order valence-corrected chi connectivity index (χ2v) is 13.9. The van der Waals surface area contributed by atoms with Crippen LogP contribution >= 0.6 is 0 Å². The molecule has 0 amide bonds. The number of allylic oxidation sites excluding steroid dienone is 1. The highest BCUT2D eigenvalue weighted by molar-refractivity contribution is 5.87. The van der Waals surface area contributed by atoms with Gasteiger partial charge in [0.15, 0.2) is 12.1 Å². The van der Waals surface area contributed by atoms with Crippen LogP contribution in [-0.4, -0.2) is 48.7 Å². The van der Waals surface area contributed by atoms with E-state index in [1.165, 1.54) is 16.7 Å². The molecule has 6 nitrogen and oxygen atoms in total. The van der Waals surface area contributed by atoms with Crippen molar-refractivity contribution in [2.75, 3.05) is 26.4 Å². The zero-order valence-electron chi connectivity index (χ0n) is 23.1. The molecule has 3 saturated carbocycles. The normalized spacial score (nSPS) is 40.2. The molecule has 2 aliphatic heterocycles. The molecule has 0 aromatic heterocycles. The lowest BCUT2D eigenvalue weighted by molar-refractivity contribution is -0.226. The first-order valence-corrected chi connectivity index (χ1v) is 14.7. The molecule has 0 bridgehead atoms. The second kappa shape index (κ2) is 8.71. The first kappa shape index (κ1) is 25.4. The highest BCUT2D eigenvalue weighted by atomic mass is 16.7. The number of hydrogen-bond acceptors (Lipinski definition) is 6. The van der Waals surface area contributed by atoms with Crippen LogP contribution in [-0.2, 0) is 23.7 Å². The molecule has 6 heteroatoms. The van der Waals surface area contributed by atoms with E-state index < -0.39 is 11.4 Å². The van der Waals surface area contributed by atoms with Crippen LogP contribution < -0.4 is 0 Å². The molecule has 6 aliphatic rings. The van der Waals surface area contributed by atoms with Gasteiger partial charge in [0.2, 0.25) is 0 Å². The van der Waals surface area contributed by atoms with E-state index in [-0.39, 0.29) is 23.0 Å². The molecule has 1 aromatic carbocycles. The highest BCUT2D eigenvalue weighted by Gasteiger charge is 2.60. The standard InChI is InChI=1S/C32H42O6/c1-29(2)18-35-28(36-19-29)21-6-4-20(5-7-21)23-16-30(3)24(8-9-26(30)33)22-10-12-31(34)17-32(37-14-15-38-32)13-11-25(31)27(22)23/h4-7,22-24,28,34H,8-19H2,1-3H3/t22-,23+,24+,30-,31+/m0/s1. The third-order valence-corrected chi connectivity index (χ3v) is 10.8. The maximum Gasteiger partial charge on any atom is 0.183 e. The summed E-state index contributed by atoms with van der Waals surface area (Å²) < 4.78 is 24.2. The molecular formula is C32H42O6. The lowest BCUT2D eigenvalue weighted by Crippen LogP contribution is -2.53. The summed E-state index contributed by atoms with van der Waals surface area (Å²) >= 11 is 0. The smallest absolute Gasteiger partial charge is 0.183 e. The second-order valence-electron chi connectivity index (χ2n) is 13.9. The Balaban J connectivity index is 1.25. The molecule has 0 radical (unpaired) electrons. The SMILES string of the molecule is CC1(C)COC(c2ccc([C@H]3C[C@]4(C)C(=O)CC[C@@H]4[C@@H]4CC[C@@]5(O)CC6(CCC5=C43)OCCO6)cc2)OC1. The van der Waals surface area contributed by atoms with Crippen LogP contribution in [0.15, 0.2) is 35.4 Å². The number of carbonyl (C=O) groups is 1. The van der Waals surface area contributed by atoms with E-state index in [2.05, 4.69) is 45.0 Å². The summed E-state index contributed by atoms with van der Waals surface area (Å²) in [5.41, 5.74) is 3.76. The Kier molecular flexibility index (Phi) is 5.82. The molecule has 38 heavy (non-hydrogen) atoms. The van der Waals surface area contributed by atoms with E-state index in [4.69, 9.17) is 18.9 Å². The Morgan fingerprint density at radius 3 is 2.29 bits per heavy atom. The van der Waals surface area contributed by atoms with Crippen LogP contribution in [0.4, 0.5) is 0 Å². The van der Waals surface area contributed by atoms with Gasteiger partial charge >= 0.3 is 0 Å². The summed E-state index contributed by atoms with van der Waals surface area (Å²) in [5, 5.41) is 12.1. The third kappa shape index (κ3) is 3.89. The lowest BCUT2D eigenvalue weighted by Gasteiger charge is -2.55. The van der Waals surface area contributed by atoms with E-state index in [0.29, 0.717) is 56.9 Å². The van der Waals surface area contributed by atoms with E-state index in [9.17, 15) is 9.90 Å². The zero-order valence-corrected chi connectivity index (χ0v) is 23.1. The minimum absolute atomic E-state index is 0.0339. The molecule has 0 unspecified atom stereocenters. The van der Waals surface area contributed by atoms with Crippen LogP contribution in [0.5, 0.6) is 0 Å². The lowest BCUT2D eigenvalue weighted by atomic mass is 9.51. The maximum atomic E-state index is 13.3. The fraction of sp³-hybridized carbons (Fsp3) is 0.719. The highest BCUT2D eigenvalue weighted by Crippen LogP contribution is 2.64. The van der Waals surface area contributed by atoms with Gasteiger partial charge in [0.25, 0.3) is 0 Å². The van der Waals surface area contributed by atoms with Gasteiger partial charge < -0.3 is 24.1 Å². The number of ether oxygens (including phenoxy) is 4. The van der Waals surface area contributed by atoms with Crippen LogP contribution in [0.1, 0.15) is 95.5 Å². The van der Waals surface area contributed by atoms with Gasteiger partial charge in [0.05, 0.1) is 32.0 Å². The number of fused-ring (bicyclic) bond motifs is 4. The molecule has 2 saturated heterocycles. The van der Waals surface area contributed by atoms with Crippen molar-refractivity contribution in [3.63, 3.8) is 0 Å². The molecule has 1 N–H and O–H groups in total. The van der Waals surface area contributed by atoms with Gasteiger partial charge in [-0.15, -0.1) is 0 Å². The summed E-state index contributed by atoms with van der Waals surface area (Å²) in [6.45, 7) is 9.09. The minimum Gasteiger partial charge on any atom is -0.385 e. The van der Waals surface area contributed by atoms with E-state index in [1.807, 2.05) is 0 Å². The summed E-state index contributed by atoms with van der Waals surface area (Å²) in [7, 11) is 0. The summed E-state index contributed by atoms with van der Waals surface area (Å²) in [6.07, 6.45) is 5.91. The van der Waals surface area contributed by atoms with Crippen LogP contribution in [0.25, 0.3) is 0 Å². The largest absolute Gasteiger partial charge is 0.385 e. The Hall–Kier alpha value is -1.57. The van der Waals surface area contributed by atoms with Crippen molar-refractivity contribution >= 4 is 5.78 Å². The van der Waals surface area contributed by atoms with Crippen molar-refractivity contribution in [1.29, 1.82) is 0 Å². The molecular weight excluding hydrogens is 480 g/mol. The Morgan fingerprint density at radius 2 is 1.58 bits per heavy atom. The topological polar surface area (TPSA) is 74.2 Å². The number of hydrogen-bond donors (Lipinski definition) is 1. The minimum atomic E-state index is -0.889. The molecule has 2 heterocycles. The molecule has 7 rings (SSSR count). The van der Waals surface area contributed by atoms with Gasteiger partial charge in [-0.3, -0.25) is 4.79 Å². The monoisotopic (exact) mass is 522 g/mol. The first-order valence-electron chi connectivity index (χ1n) is 14.7. The Morgan fingerprint density at radius 1 is 0.895 bits per heavy atom. The van der Waals surface area contributed by atoms with E-state index in [1.54, 1.807) is 0 Å². The number of carbonyl (C=O) groups excluding carboxylic acids is 1. The van der Waals surface area contributed by atoms with E-state index in [0.717, 1.165) is 44.1 Å². The number of Topliss-reactive ketones (excluding diaryl/α,β-unsaturated/α-hetero) is 1. The number of aliphatic hydroxyl groups is 1. The maximum absolute atomic E-state index is 13.3. The summed E-state index contributed by atoms with van der Waals surface area (Å²) in [5.74, 6) is 0.651. The molecule has 5 fully saturated rings. The van der Waals surface area contributed by atoms with Crippen LogP contribution in [0.3, 0.4) is 0 Å². The van der Waals surface area contributed by atoms with Crippen molar-refractivity contribution in [2.45, 2.75) is 95.7 Å². The average molecular weight is 523 g/mol. The van der Waals surface area contributed by atoms with Crippen molar-refractivity contribution in [1.82, 2.24) is 0 Å². The fourth-order valence-corrected chi connectivity index (χ4v) is 8.85. The summed E-state index contributed by atoms with van der Waals surface area (Å²) in [6, 6.07) is 8.69. The Bertz CT molecular complexity index is 1140. The van der Waals surface area contributed by atoms with Crippen LogP contribution in [0.2, 0.25) is 0 Å². The zero-order chi connectivity index (χ0) is 26.3. The number of benzene rings is 1. The Labute approximate surface area is 226 Å². The van der Waals surface area contributed by atoms with Gasteiger partial charge in [-0.25, -0.2) is 0 Å². The number of ketones is 1. The van der Waals surface area contributed by atoms with Crippen molar-refractivity contribution in [3.05, 3.63) is 46.5 Å². The number of rotatable bonds is 2. The van der Waals surface area contributed by atoms with Crippen molar-refractivity contribution in [3.8, 4) is 0 Å². The van der Waals surface area contributed by atoms with Crippen LogP contribution in [0, 0.1) is 22.7 Å². The van der Waals surface area contributed by atoms with Gasteiger partial charge in [0.1, 0.15) is 5.78 Å². The molecule has 5 atom stereocenters. The quantitative estimate of drug-likeness (QED) is 0.510. The molecule has 206 valence electrons. The van der Waals surface area contributed by atoms with Crippen molar-refractivity contribution < 1.29 is 28.8 Å². The van der Waals surface area contributed by atoms with Gasteiger partial charge in [-0.05, 0) is 55.1 Å². The first-order chi connectivity index (χ1) is 18.1. The third-order valence-electron chi connectivity index (χ3n) is 10.8. The molecule has 1 aromatic rings. The van der Waals surface area contributed by atoms with Gasteiger partial charge in [-0.2, -0.15) is 0 Å². The predicted molar refractivity (Wildman–Crippen MR) is 141 cm³/mol. The molecule has 4 aliphatic carbocycles. The van der Waals surface area contributed by atoms with E-state index >= 15 is 0 Å². The van der Waals surface area contributed by atoms with Gasteiger partial charge in [-0.1, -0.05) is 50.6 Å².